The van der Waals surface area contributed by atoms with E-state index in [2.05, 4.69) is 14.3 Å². The number of aromatic nitrogens is 4. The molecule has 1 fully saturated rings. The first-order valence-electron chi connectivity index (χ1n) is 9.93. The van der Waals surface area contributed by atoms with Gasteiger partial charge in [-0.25, -0.2) is 18.7 Å². The van der Waals surface area contributed by atoms with Crippen molar-refractivity contribution >= 4 is 32.6 Å². The fourth-order valence-corrected chi connectivity index (χ4v) is 6.26. The maximum atomic E-state index is 12.2. The fourth-order valence-electron chi connectivity index (χ4n) is 4.13. The number of ether oxygens (including phenoxy) is 1. The van der Waals surface area contributed by atoms with Gasteiger partial charge in [0.2, 0.25) is 12.0 Å². The number of nitrogens with zero attached hydrogens (tertiary/aromatic N) is 4. The quantitative estimate of drug-likeness (QED) is 0.170. The molecule has 0 amide bonds. The van der Waals surface area contributed by atoms with Crippen molar-refractivity contribution in [3.8, 4) is 0 Å². The van der Waals surface area contributed by atoms with E-state index in [4.69, 9.17) is 19.5 Å². The van der Waals surface area contributed by atoms with E-state index in [-0.39, 0.29) is 18.6 Å². The van der Waals surface area contributed by atoms with E-state index in [0.717, 1.165) is 0 Å². The molecule has 0 radical (unpaired) electrons. The second kappa shape index (κ2) is 8.17. The van der Waals surface area contributed by atoms with Crippen molar-refractivity contribution in [2.75, 3.05) is 18.9 Å². The largest absolute Gasteiger partial charge is 0.481 e. The summed E-state index contributed by atoms with van der Waals surface area (Å²) in [6, 6.07) is -0.259. The second-order valence-corrected chi connectivity index (χ2v) is 11.0. The summed E-state index contributed by atoms with van der Waals surface area (Å²) in [4.78, 5) is 28.4. The van der Waals surface area contributed by atoms with Gasteiger partial charge in [-0.1, -0.05) is 17.1 Å². The molecule has 1 saturated heterocycles. The lowest BCUT2D eigenvalue weighted by atomic mass is 10.1. The summed E-state index contributed by atoms with van der Waals surface area (Å²) in [6.07, 6.45) is 1.41. The van der Waals surface area contributed by atoms with Crippen LogP contribution < -0.4 is 10.3 Å². The smallest absolute Gasteiger partial charge is 0.387 e. The Kier molecular flexibility index (Phi) is 5.69. The molecule has 5 heterocycles. The zero-order chi connectivity index (χ0) is 23.5. The SMILES string of the molecule is Nc1c2ncn3c2nc[n+]1[C@H]1C=C[C@@H](COP(=O)(O)OP(=O)(O)OC[C@H]2O[C@@H]3[C@H](O)[C@@H]2O)C1. The van der Waals surface area contributed by atoms with Crippen LogP contribution in [0.4, 0.5) is 5.82 Å². The van der Waals surface area contributed by atoms with Crippen molar-refractivity contribution in [1.82, 2.24) is 14.5 Å². The molecule has 0 saturated carbocycles. The molecule has 17 heteroatoms. The maximum Gasteiger partial charge on any atom is 0.481 e. The van der Waals surface area contributed by atoms with Crippen LogP contribution in [0.2, 0.25) is 0 Å². The first-order valence-corrected chi connectivity index (χ1v) is 12.9. The normalized spacial score (nSPS) is 41.6. The number of anilines is 1. The Balaban J connectivity index is 1.54. The van der Waals surface area contributed by atoms with E-state index in [1.54, 1.807) is 10.6 Å². The van der Waals surface area contributed by atoms with Crippen molar-refractivity contribution in [2.45, 2.75) is 37.0 Å². The summed E-state index contributed by atoms with van der Waals surface area (Å²) in [5.74, 6) is -0.0203. The summed E-state index contributed by atoms with van der Waals surface area (Å²) in [6.45, 7) is -1.01. The summed E-state index contributed by atoms with van der Waals surface area (Å²) >= 11 is 0. The number of allylic oxidation sites excluding steroid dienone is 1. The van der Waals surface area contributed by atoms with Crippen LogP contribution in [-0.4, -0.2) is 66.1 Å². The molecule has 8 atom stereocenters. The van der Waals surface area contributed by atoms with Crippen molar-refractivity contribution in [3.05, 3.63) is 24.8 Å². The number of aliphatic hydroxyl groups excluding tert-OH is 2. The monoisotopic (exact) mass is 506 g/mol. The molecule has 180 valence electrons. The molecule has 3 aliphatic heterocycles. The summed E-state index contributed by atoms with van der Waals surface area (Å²) in [5.41, 5.74) is 6.95. The third-order valence-corrected chi connectivity index (χ3v) is 8.37. The van der Waals surface area contributed by atoms with E-state index >= 15 is 0 Å². The molecule has 2 aromatic heterocycles. The van der Waals surface area contributed by atoms with Crippen LogP contribution in [0.15, 0.2) is 24.8 Å². The Morgan fingerprint density at radius 2 is 1.82 bits per heavy atom. The number of phosphoric ester groups is 2. The Labute approximate surface area is 186 Å². The average molecular weight is 506 g/mol. The lowest BCUT2D eigenvalue weighted by molar-refractivity contribution is -0.700. The third kappa shape index (κ3) is 4.26. The zero-order valence-electron chi connectivity index (χ0n) is 16.9. The predicted molar refractivity (Wildman–Crippen MR) is 107 cm³/mol. The average Bonchev–Trinajstić information content (AvgIpc) is 3.44. The van der Waals surface area contributed by atoms with E-state index in [1.807, 2.05) is 6.08 Å². The van der Waals surface area contributed by atoms with Crippen LogP contribution in [0.5, 0.6) is 0 Å². The molecule has 2 unspecified atom stereocenters. The van der Waals surface area contributed by atoms with Gasteiger partial charge in [-0.2, -0.15) is 4.31 Å². The highest BCUT2D eigenvalue weighted by atomic mass is 31.3. The highest BCUT2D eigenvalue weighted by molar-refractivity contribution is 7.61. The first-order chi connectivity index (χ1) is 15.5. The summed E-state index contributed by atoms with van der Waals surface area (Å²) in [7, 11) is -10.0. The number of hydrogen-bond donors (Lipinski definition) is 5. The Morgan fingerprint density at radius 1 is 1.09 bits per heavy atom. The van der Waals surface area contributed by atoms with E-state index < -0.39 is 46.8 Å². The van der Waals surface area contributed by atoms with Crippen LogP contribution in [0.25, 0.3) is 11.2 Å². The Bertz CT molecular complexity index is 1210. The zero-order valence-corrected chi connectivity index (χ0v) is 18.7. The molecule has 15 nitrogen and oxygen atoms in total. The van der Waals surface area contributed by atoms with Gasteiger partial charge in [0.1, 0.15) is 30.7 Å². The minimum absolute atomic E-state index is 0.259. The predicted octanol–water partition coefficient (Wildman–Crippen LogP) is -0.698. The van der Waals surface area contributed by atoms with Gasteiger partial charge < -0.3 is 30.5 Å². The lowest BCUT2D eigenvalue weighted by Crippen LogP contribution is -2.41. The molecular weight excluding hydrogens is 484 g/mol. The fraction of sp³-hybridized carbons (Fsp3) is 0.562. The molecule has 6 rings (SSSR count). The number of phosphoric acid groups is 2. The summed E-state index contributed by atoms with van der Waals surface area (Å²) < 4.78 is 46.9. The molecule has 33 heavy (non-hydrogen) atoms. The Hall–Kier alpha value is -1.77. The van der Waals surface area contributed by atoms with E-state index in [0.29, 0.717) is 23.4 Å². The van der Waals surface area contributed by atoms with Gasteiger partial charge in [0.15, 0.2) is 11.7 Å². The first kappa shape index (κ1) is 23.0. The highest BCUT2D eigenvalue weighted by Gasteiger charge is 2.47. The molecule has 0 aromatic carbocycles. The number of rotatable bonds is 0. The minimum Gasteiger partial charge on any atom is -0.387 e. The van der Waals surface area contributed by atoms with Crippen molar-refractivity contribution < 1.29 is 51.8 Å². The number of aliphatic hydroxyl groups is 2. The second-order valence-electron chi connectivity index (χ2n) is 7.97. The molecule has 1 aliphatic carbocycles. The third-order valence-electron chi connectivity index (χ3n) is 5.77. The number of nitrogens with two attached hydrogens (primary N) is 1. The standard InChI is InChI=1S/C16H21N5O10P2/c17-14-11-15-19-7-20(14)9-2-1-8(3-9)4-28-32(24,25)31-33(26,27)29-5-10-12(22)13(23)16(30-10)21(15)6-18-11/h1-2,6-10,12-13,16-17,22-23H,3-5H2,(H2,24,25,26,27)/p+1/t8-,9+,10-,12-,13-,16-/m1/s1. The van der Waals surface area contributed by atoms with E-state index in [9.17, 15) is 29.1 Å². The van der Waals surface area contributed by atoms with Crippen LogP contribution in [0.3, 0.4) is 0 Å². The molecule has 4 aliphatic rings. The maximum absolute atomic E-state index is 12.2. The van der Waals surface area contributed by atoms with Crippen molar-refractivity contribution in [1.29, 1.82) is 0 Å². The molecule has 8 bridgehead atoms. The summed E-state index contributed by atoms with van der Waals surface area (Å²) in [5, 5.41) is 20.8. The highest BCUT2D eigenvalue weighted by Crippen LogP contribution is 2.60. The minimum atomic E-state index is -5.08. The molecule has 6 N–H and O–H groups in total. The van der Waals surface area contributed by atoms with Crippen LogP contribution in [0.1, 0.15) is 18.7 Å². The van der Waals surface area contributed by atoms with Crippen LogP contribution >= 0.6 is 15.6 Å². The number of hydrogen-bond acceptors (Lipinski definition) is 11. The van der Waals surface area contributed by atoms with Crippen LogP contribution in [0, 0.1) is 5.92 Å². The van der Waals surface area contributed by atoms with Gasteiger partial charge in [0, 0.05) is 5.92 Å². The number of nitrogen functional groups attached to an aromatic ring is 1. The van der Waals surface area contributed by atoms with Gasteiger partial charge in [0.05, 0.1) is 13.2 Å². The molecular formula is C16H22N5O10P2+. The van der Waals surface area contributed by atoms with Crippen molar-refractivity contribution in [3.63, 3.8) is 0 Å². The number of fused-ring (bicyclic) bond motifs is 7. The van der Waals surface area contributed by atoms with Gasteiger partial charge in [-0.15, -0.1) is 0 Å². The van der Waals surface area contributed by atoms with Crippen molar-refractivity contribution in [2.24, 2.45) is 5.92 Å². The van der Waals surface area contributed by atoms with Gasteiger partial charge in [0.25, 0.3) is 5.82 Å². The molecule has 0 spiro atoms. The Morgan fingerprint density at radius 3 is 2.58 bits per heavy atom. The lowest BCUT2D eigenvalue weighted by Gasteiger charge is -2.20. The topological polar surface area (TPSA) is 213 Å². The van der Waals surface area contributed by atoms with Gasteiger partial charge in [-0.3, -0.25) is 13.6 Å². The number of imidazole rings is 1. The van der Waals surface area contributed by atoms with Crippen LogP contribution in [-0.2, 0) is 27.2 Å². The molecule has 2 aromatic rings. The van der Waals surface area contributed by atoms with E-state index in [1.165, 1.54) is 17.2 Å². The van der Waals surface area contributed by atoms with Gasteiger partial charge >= 0.3 is 15.6 Å². The van der Waals surface area contributed by atoms with Gasteiger partial charge in [-0.05, 0) is 6.42 Å².